The number of hydrogen-bond acceptors (Lipinski definition) is 5. The minimum Gasteiger partial charge on any atom is -0.465 e. The Labute approximate surface area is 229 Å². The minimum absolute atomic E-state index is 0.0245. The molecule has 0 saturated carbocycles. The van der Waals surface area contributed by atoms with E-state index < -0.39 is 12.0 Å². The molecular formula is C26H27Cl2N5O3S. The third-order valence-electron chi connectivity index (χ3n) is 5.88. The number of anilines is 1. The Bertz CT molecular complexity index is 1370. The molecule has 2 aromatic heterocycles. The topological polar surface area (TPSA) is 90.7 Å². The first-order chi connectivity index (χ1) is 17.8. The molecule has 0 spiro atoms. The van der Waals surface area contributed by atoms with E-state index in [4.69, 9.17) is 23.2 Å². The summed E-state index contributed by atoms with van der Waals surface area (Å²) in [5.74, 6) is 5.79. The van der Waals surface area contributed by atoms with E-state index in [1.54, 1.807) is 18.2 Å². The van der Waals surface area contributed by atoms with Crippen molar-refractivity contribution in [3.8, 4) is 28.1 Å². The van der Waals surface area contributed by atoms with Crippen LogP contribution in [0.1, 0.15) is 54.4 Å². The summed E-state index contributed by atoms with van der Waals surface area (Å²) in [6.45, 7) is 3.50. The first-order valence-electron chi connectivity index (χ1n) is 12.0. The zero-order chi connectivity index (χ0) is 26.5. The van der Waals surface area contributed by atoms with Crippen LogP contribution in [0.2, 0.25) is 10.0 Å². The van der Waals surface area contributed by atoms with Gasteiger partial charge in [0.15, 0.2) is 5.69 Å². The average molecular weight is 561 g/mol. The van der Waals surface area contributed by atoms with Crippen LogP contribution in [0.3, 0.4) is 0 Å². The lowest BCUT2D eigenvalue weighted by atomic mass is 10.2. The molecule has 0 bridgehead atoms. The number of benzene rings is 1. The van der Waals surface area contributed by atoms with Crippen LogP contribution in [-0.2, 0) is 0 Å². The number of hydrogen-bond donors (Lipinski definition) is 2. The fourth-order valence-electron chi connectivity index (χ4n) is 4.03. The minimum atomic E-state index is -1.23. The van der Waals surface area contributed by atoms with E-state index in [2.05, 4.69) is 29.3 Å². The van der Waals surface area contributed by atoms with Crippen molar-refractivity contribution in [3.05, 3.63) is 50.9 Å². The molecule has 0 aliphatic carbocycles. The van der Waals surface area contributed by atoms with E-state index >= 15 is 0 Å². The molecule has 4 rings (SSSR count). The van der Waals surface area contributed by atoms with Crippen LogP contribution in [0.25, 0.3) is 16.3 Å². The van der Waals surface area contributed by atoms with Crippen LogP contribution < -0.4 is 10.3 Å². The molecule has 1 aliphatic heterocycles. The normalized spacial score (nSPS) is 13.6. The van der Waals surface area contributed by atoms with Gasteiger partial charge in [-0.3, -0.25) is 15.1 Å². The van der Waals surface area contributed by atoms with Gasteiger partial charge in [0, 0.05) is 31.6 Å². The Hall–Kier alpha value is -3.03. The lowest BCUT2D eigenvalue weighted by molar-refractivity contribution is 0.0745. The molecule has 0 radical (unpaired) electrons. The van der Waals surface area contributed by atoms with Gasteiger partial charge in [-0.05, 0) is 49.6 Å². The van der Waals surface area contributed by atoms with Gasteiger partial charge in [-0.2, -0.15) is 5.10 Å². The predicted molar refractivity (Wildman–Crippen MR) is 148 cm³/mol. The zero-order valence-electron chi connectivity index (χ0n) is 20.6. The van der Waals surface area contributed by atoms with Crippen molar-refractivity contribution in [2.45, 2.75) is 39.0 Å². The Morgan fingerprint density at radius 1 is 1.19 bits per heavy atom. The van der Waals surface area contributed by atoms with Crippen molar-refractivity contribution in [3.63, 3.8) is 0 Å². The van der Waals surface area contributed by atoms with Gasteiger partial charge in [0.25, 0.3) is 5.91 Å². The lowest BCUT2D eigenvalue weighted by Crippen LogP contribution is -2.45. The van der Waals surface area contributed by atoms with Gasteiger partial charge in [-0.25, -0.2) is 14.5 Å². The van der Waals surface area contributed by atoms with Crippen LogP contribution in [0.4, 0.5) is 10.5 Å². The summed E-state index contributed by atoms with van der Waals surface area (Å²) < 4.78 is 1.51. The predicted octanol–water partition coefficient (Wildman–Crippen LogP) is 6.30. The monoisotopic (exact) mass is 559 g/mol. The molecule has 11 heteroatoms. The summed E-state index contributed by atoms with van der Waals surface area (Å²) in [5.41, 5.74) is 3.92. The molecule has 1 fully saturated rings. The number of carbonyl (C=O) groups is 2. The Morgan fingerprint density at radius 2 is 1.95 bits per heavy atom. The second-order valence-corrected chi connectivity index (χ2v) is 10.5. The van der Waals surface area contributed by atoms with Crippen molar-refractivity contribution in [1.29, 1.82) is 0 Å². The smallest absolute Gasteiger partial charge is 0.411 e. The standard InChI is InChI=1S/C26H27Cl2N5O3S/c1-3-4-6-9-18-11-13-21(37-18)23-24(31(2)26(35)36)22(25(34)30-32-14-7-5-8-15-32)29-33(23)20-12-10-17(27)16-19(20)28/h10-13,16H,3-5,7-8,14-15H2,1-2H3,(H,30,34)(H,35,36). The van der Waals surface area contributed by atoms with Crippen molar-refractivity contribution < 1.29 is 14.7 Å². The number of nitrogens with one attached hydrogen (secondary N) is 1. The molecule has 0 unspecified atom stereocenters. The Kier molecular flexibility index (Phi) is 8.77. The molecule has 194 valence electrons. The van der Waals surface area contributed by atoms with E-state index in [1.165, 1.54) is 23.1 Å². The van der Waals surface area contributed by atoms with Gasteiger partial charge in [0.05, 0.1) is 20.5 Å². The SMILES string of the molecule is CCCC#Cc1ccc(-c2c(N(C)C(=O)O)c(C(=O)NN3CCCCC3)nn2-c2ccc(Cl)cc2Cl)s1. The van der Waals surface area contributed by atoms with Crippen LogP contribution in [0.5, 0.6) is 0 Å². The fraction of sp³-hybridized carbons (Fsp3) is 0.346. The van der Waals surface area contributed by atoms with E-state index in [1.807, 2.05) is 17.1 Å². The molecular weight excluding hydrogens is 533 g/mol. The van der Waals surface area contributed by atoms with Crippen LogP contribution >= 0.6 is 34.5 Å². The quantitative estimate of drug-likeness (QED) is 0.345. The second kappa shape index (κ2) is 12.0. The van der Waals surface area contributed by atoms with Crippen molar-refractivity contribution in [1.82, 2.24) is 20.2 Å². The largest absolute Gasteiger partial charge is 0.465 e. The maximum absolute atomic E-state index is 13.5. The van der Waals surface area contributed by atoms with Gasteiger partial charge in [-0.1, -0.05) is 48.4 Å². The maximum Gasteiger partial charge on any atom is 0.411 e. The maximum atomic E-state index is 13.5. The number of carbonyl (C=O) groups excluding carboxylic acids is 1. The molecule has 1 saturated heterocycles. The first-order valence-corrected chi connectivity index (χ1v) is 13.6. The molecule has 3 heterocycles. The summed E-state index contributed by atoms with van der Waals surface area (Å²) in [4.78, 5) is 28.2. The zero-order valence-corrected chi connectivity index (χ0v) is 22.9. The van der Waals surface area contributed by atoms with Crippen LogP contribution in [0, 0.1) is 11.8 Å². The van der Waals surface area contributed by atoms with E-state index in [0.29, 0.717) is 26.3 Å². The number of hydrazine groups is 1. The molecule has 2 N–H and O–H groups in total. The Balaban J connectivity index is 1.91. The number of amides is 2. The number of carboxylic acid groups (broad SMARTS) is 1. The number of piperidine rings is 1. The third kappa shape index (κ3) is 6.11. The van der Waals surface area contributed by atoms with Gasteiger partial charge >= 0.3 is 6.09 Å². The van der Waals surface area contributed by atoms with E-state index in [0.717, 1.165) is 55.0 Å². The molecule has 3 aromatic rings. The molecule has 1 aromatic carbocycles. The highest BCUT2D eigenvalue weighted by molar-refractivity contribution is 7.16. The number of unbranched alkanes of at least 4 members (excludes halogenated alkanes) is 1. The molecule has 8 nitrogen and oxygen atoms in total. The summed E-state index contributed by atoms with van der Waals surface area (Å²) >= 11 is 14.1. The van der Waals surface area contributed by atoms with E-state index in [9.17, 15) is 14.7 Å². The second-order valence-electron chi connectivity index (χ2n) is 8.60. The van der Waals surface area contributed by atoms with Crippen LogP contribution in [-0.4, -0.2) is 52.0 Å². The van der Waals surface area contributed by atoms with Gasteiger partial charge in [0.1, 0.15) is 11.4 Å². The third-order valence-corrected chi connectivity index (χ3v) is 7.42. The molecule has 0 atom stereocenters. The highest BCUT2D eigenvalue weighted by atomic mass is 35.5. The number of aromatic nitrogens is 2. The van der Waals surface area contributed by atoms with Gasteiger partial charge in [-0.15, -0.1) is 11.3 Å². The number of nitrogens with zero attached hydrogens (tertiary/aromatic N) is 4. The van der Waals surface area contributed by atoms with Crippen molar-refractivity contribution in [2.75, 3.05) is 25.0 Å². The van der Waals surface area contributed by atoms with Crippen molar-refractivity contribution >= 4 is 52.2 Å². The average Bonchev–Trinajstić information content (AvgIpc) is 3.49. The first kappa shape index (κ1) is 27.0. The lowest BCUT2D eigenvalue weighted by Gasteiger charge is -2.26. The molecule has 2 amide bonds. The summed E-state index contributed by atoms with van der Waals surface area (Å²) in [5, 5.41) is 17.2. The Morgan fingerprint density at radius 3 is 2.62 bits per heavy atom. The van der Waals surface area contributed by atoms with Gasteiger partial charge in [0.2, 0.25) is 0 Å². The number of rotatable bonds is 6. The highest BCUT2D eigenvalue weighted by Crippen LogP contribution is 2.40. The highest BCUT2D eigenvalue weighted by Gasteiger charge is 2.32. The fourth-order valence-corrected chi connectivity index (χ4v) is 5.43. The summed E-state index contributed by atoms with van der Waals surface area (Å²) in [6, 6.07) is 8.66. The van der Waals surface area contributed by atoms with Gasteiger partial charge < -0.3 is 5.11 Å². The number of thiophene rings is 1. The van der Waals surface area contributed by atoms with E-state index in [-0.39, 0.29) is 11.4 Å². The molecule has 37 heavy (non-hydrogen) atoms. The van der Waals surface area contributed by atoms with Crippen molar-refractivity contribution in [2.24, 2.45) is 0 Å². The summed E-state index contributed by atoms with van der Waals surface area (Å²) in [6.07, 6.45) is 3.55. The number of halogens is 2. The van der Waals surface area contributed by atoms with Crippen LogP contribution in [0.15, 0.2) is 30.3 Å². The summed E-state index contributed by atoms with van der Waals surface area (Å²) in [7, 11) is 1.39. The molecule has 1 aliphatic rings.